The van der Waals surface area contributed by atoms with Crippen molar-refractivity contribution in [3.8, 4) is 0 Å². The maximum absolute atomic E-state index is 5.71. The lowest BCUT2D eigenvalue weighted by Gasteiger charge is -2.30. The Kier molecular flexibility index (Phi) is 5.08. The van der Waals surface area contributed by atoms with E-state index in [1.54, 1.807) is 0 Å². The number of thiocarbonyl (C=S) groups is 1. The van der Waals surface area contributed by atoms with Crippen molar-refractivity contribution in [2.24, 2.45) is 11.7 Å². The molecule has 0 bridgehead atoms. The zero-order chi connectivity index (χ0) is 13.9. The molecular weight excluding hydrogens is 242 g/mol. The molecule has 0 spiro atoms. The second-order valence-electron chi connectivity index (χ2n) is 5.36. The first-order valence-electron chi connectivity index (χ1n) is 6.36. The zero-order valence-electron chi connectivity index (χ0n) is 11.9. The number of nitrogens with zero attached hydrogens (tertiary/aromatic N) is 2. The molecule has 100 valence electrons. The number of aryl methyl sites for hydroxylation is 1. The average molecular weight is 265 g/mol. The molecule has 0 aromatic carbocycles. The second kappa shape index (κ2) is 6.14. The molecule has 0 saturated carbocycles. The lowest BCUT2D eigenvalue weighted by Crippen LogP contribution is -2.35. The van der Waals surface area contributed by atoms with Crippen molar-refractivity contribution in [1.82, 2.24) is 4.98 Å². The molecule has 1 heterocycles. The fraction of sp³-hybridized carbons (Fsp3) is 0.571. The highest BCUT2D eigenvalue weighted by Gasteiger charge is 2.15. The molecule has 2 N–H and O–H groups in total. The molecule has 0 fully saturated rings. The van der Waals surface area contributed by atoms with Crippen LogP contribution in [0.1, 0.15) is 39.0 Å². The van der Waals surface area contributed by atoms with E-state index in [9.17, 15) is 0 Å². The SMILES string of the molecule is Cc1cc(C(N)=S)cc(N(CC(C)C)C(C)C)n1. The number of pyridine rings is 1. The Morgan fingerprint density at radius 3 is 2.39 bits per heavy atom. The zero-order valence-corrected chi connectivity index (χ0v) is 12.7. The molecule has 3 nitrogen and oxygen atoms in total. The molecule has 0 aliphatic rings. The van der Waals surface area contributed by atoms with Crippen molar-refractivity contribution in [2.45, 2.75) is 40.7 Å². The molecule has 0 saturated heterocycles. The maximum Gasteiger partial charge on any atom is 0.129 e. The summed E-state index contributed by atoms with van der Waals surface area (Å²) in [5.41, 5.74) is 7.55. The lowest BCUT2D eigenvalue weighted by molar-refractivity contribution is 0.565. The number of anilines is 1. The smallest absolute Gasteiger partial charge is 0.129 e. The van der Waals surface area contributed by atoms with Gasteiger partial charge in [-0.3, -0.25) is 0 Å². The van der Waals surface area contributed by atoms with Crippen LogP contribution in [0.15, 0.2) is 12.1 Å². The van der Waals surface area contributed by atoms with Crippen LogP contribution < -0.4 is 10.6 Å². The van der Waals surface area contributed by atoms with Gasteiger partial charge in [0.25, 0.3) is 0 Å². The van der Waals surface area contributed by atoms with E-state index in [1.165, 1.54) is 0 Å². The first-order chi connectivity index (χ1) is 8.31. The fourth-order valence-electron chi connectivity index (χ4n) is 1.90. The molecule has 18 heavy (non-hydrogen) atoms. The monoisotopic (exact) mass is 265 g/mol. The van der Waals surface area contributed by atoms with Gasteiger partial charge in [-0.25, -0.2) is 4.98 Å². The summed E-state index contributed by atoms with van der Waals surface area (Å²) >= 11 is 5.05. The highest BCUT2D eigenvalue weighted by molar-refractivity contribution is 7.80. The van der Waals surface area contributed by atoms with Gasteiger partial charge in [0.05, 0.1) is 0 Å². The van der Waals surface area contributed by atoms with Crippen LogP contribution in [0, 0.1) is 12.8 Å². The summed E-state index contributed by atoms with van der Waals surface area (Å²) in [6.45, 7) is 11.7. The van der Waals surface area contributed by atoms with Crippen LogP contribution >= 0.6 is 12.2 Å². The minimum Gasteiger partial charge on any atom is -0.389 e. The Hall–Kier alpha value is -1.16. The Morgan fingerprint density at radius 1 is 1.33 bits per heavy atom. The quantitative estimate of drug-likeness (QED) is 0.831. The molecule has 0 radical (unpaired) electrons. The number of hydrogen-bond donors (Lipinski definition) is 1. The topological polar surface area (TPSA) is 42.1 Å². The van der Waals surface area contributed by atoms with Crippen molar-refractivity contribution in [2.75, 3.05) is 11.4 Å². The van der Waals surface area contributed by atoms with Crippen molar-refractivity contribution in [3.63, 3.8) is 0 Å². The van der Waals surface area contributed by atoms with Gasteiger partial charge in [0.2, 0.25) is 0 Å². The number of nitrogens with two attached hydrogens (primary N) is 1. The first-order valence-corrected chi connectivity index (χ1v) is 6.77. The predicted molar refractivity (Wildman–Crippen MR) is 82.2 cm³/mol. The van der Waals surface area contributed by atoms with Crippen LogP contribution in [0.5, 0.6) is 0 Å². The van der Waals surface area contributed by atoms with Gasteiger partial charge >= 0.3 is 0 Å². The molecule has 0 aliphatic heterocycles. The summed E-state index contributed by atoms with van der Waals surface area (Å²) in [5, 5.41) is 0. The molecule has 1 rings (SSSR count). The summed E-state index contributed by atoms with van der Waals surface area (Å²) in [6.07, 6.45) is 0. The lowest BCUT2D eigenvalue weighted by atomic mass is 10.1. The Morgan fingerprint density at radius 2 is 1.94 bits per heavy atom. The summed E-state index contributed by atoms with van der Waals surface area (Å²) in [5.74, 6) is 1.55. The Balaban J connectivity index is 3.15. The van der Waals surface area contributed by atoms with Gasteiger partial charge in [-0.2, -0.15) is 0 Å². The van der Waals surface area contributed by atoms with E-state index in [0.717, 1.165) is 23.6 Å². The standard InChI is InChI=1S/C14H23N3S/c1-9(2)8-17(10(3)4)13-7-12(14(15)18)6-11(5)16-13/h6-7,9-10H,8H2,1-5H3,(H2,15,18). The van der Waals surface area contributed by atoms with E-state index in [1.807, 2.05) is 19.1 Å². The minimum absolute atomic E-state index is 0.404. The molecule has 1 aromatic rings. The maximum atomic E-state index is 5.71. The van der Waals surface area contributed by atoms with Gasteiger partial charge in [-0.15, -0.1) is 0 Å². The number of aromatic nitrogens is 1. The third kappa shape index (κ3) is 3.95. The Bertz CT molecular complexity index is 427. The molecule has 0 atom stereocenters. The molecular formula is C14H23N3S. The summed E-state index contributed by atoms with van der Waals surface area (Å²) in [4.78, 5) is 7.32. The molecule has 1 aromatic heterocycles. The van der Waals surface area contributed by atoms with Crippen molar-refractivity contribution in [1.29, 1.82) is 0 Å². The minimum atomic E-state index is 0.404. The van der Waals surface area contributed by atoms with Crippen LogP contribution in [0.4, 0.5) is 5.82 Å². The summed E-state index contributed by atoms with van der Waals surface area (Å²) in [7, 11) is 0. The van der Waals surface area contributed by atoms with Gasteiger partial charge in [-0.1, -0.05) is 26.1 Å². The molecule has 0 unspecified atom stereocenters. The van der Waals surface area contributed by atoms with E-state index in [-0.39, 0.29) is 0 Å². The predicted octanol–water partition coefficient (Wildman–Crippen LogP) is 2.90. The van der Waals surface area contributed by atoms with Gasteiger partial charge in [0.15, 0.2) is 0 Å². The van der Waals surface area contributed by atoms with E-state index in [0.29, 0.717) is 16.9 Å². The van der Waals surface area contributed by atoms with E-state index >= 15 is 0 Å². The number of hydrogen-bond acceptors (Lipinski definition) is 3. The van der Waals surface area contributed by atoms with E-state index < -0.39 is 0 Å². The van der Waals surface area contributed by atoms with Crippen molar-refractivity contribution >= 4 is 23.0 Å². The largest absolute Gasteiger partial charge is 0.389 e. The summed E-state index contributed by atoms with van der Waals surface area (Å²) < 4.78 is 0. The van der Waals surface area contributed by atoms with Gasteiger partial charge in [0.1, 0.15) is 10.8 Å². The average Bonchev–Trinajstić information content (AvgIpc) is 2.24. The van der Waals surface area contributed by atoms with E-state index in [2.05, 4.69) is 37.6 Å². The van der Waals surface area contributed by atoms with Gasteiger partial charge in [0, 0.05) is 23.8 Å². The highest BCUT2D eigenvalue weighted by atomic mass is 32.1. The van der Waals surface area contributed by atoms with Gasteiger partial charge in [-0.05, 0) is 38.8 Å². The van der Waals surface area contributed by atoms with Crippen molar-refractivity contribution < 1.29 is 0 Å². The summed E-state index contributed by atoms with van der Waals surface area (Å²) in [6, 6.07) is 4.32. The van der Waals surface area contributed by atoms with Crippen LogP contribution in [0.25, 0.3) is 0 Å². The van der Waals surface area contributed by atoms with Crippen LogP contribution in [0.2, 0.25) is 0 Å². The Labute approximate surface area is 115 Å². The second-order valence-corrected chi connectivity index (χ2v) is 5.80. The molecule has 0 amide bonds. The third-order valence-electron chi connectivity index (χ3n) is 2.70. The van der Waals surface area contributed by atoms with Crippen LogP contribution in [-0.4, -0.2) is 22.6 Å². The van der Waals surface area contributed by atoms with Gasteiger partial charge < -0.3 is 10.6 Å². The first kappa shape index (κ1) is 14.9. The fourth-order valence-corrected chi connectivity index (χ4v) is 2.02. The van der Waals surface area contributed by atoms with Crippen LogP contribution in [0.3, 0.4) is 0 Å². The van der Waals surface area contributed by atoms with E-state index in [4.69, 9.17) is 18.0 Å². The highest BCUT2D eigenvalue weighted by Crippen LogP contribution is 2.19. The molecule has 4 heteroatoms. The normalized spacial score (nSPS) is 11.1. The molecule has 0 aliphatic carbocycles. The van der Waals surface area contributed by atoms with Crippen molar-refractivity contribution in [3.05, 3.63) is 23.4 Å². The van der Waals surface area contributed by atoms with Crippen LogP contribution in [-0.2, 0) is 0 Å². The number of rotatable bonds is 5. The third-order valence-corrected chi connectivity index (χ3v) is 2.94.